The normalized spacial score (nSPS) is 11.4. The summed E-state index contributed by atoms with van der Waals surface area (Å²) in [6.07, 6.45) is 0. The predicted octanol–water partition coefficient (Wildman–Crippen LogP) is 4.19. The van der Waals surface area contributed by atoms with Crippen LogP contribution in [0.3, 0.4) is 0 Å². The number of fused-ring (bicyclic) bond motifs is 1. The van der Waals surface area contributed by atoms with E-state index in [4.69, 9.17) is 23.2 Å². The Balaban J connectivity index is 2.19. The van der Waals surface area contributed by atoms with Crippen LogP contribution in [0.2, 0.25) is 0 Å². The molecule has 1 aromatic carbocycles. The zero-order valence-electron chi connectivity index (χ0n) is 7.11. The molecule has 0 radical (unpaired) electrons. The van der Waals surface area contributed by atoms with Crippen molar-refractivity contribution in [2.75, 3.05) is 5.75 Å². The molecule has 0 saturated carbocycles. The Morgan fingerprint density at radius 2 is 2.14 bits per heavy atom. The highest BCUT2D eigenvalue weighted by atomic mass is 35.5. The summed E-state index contributed by atoms with van der Waals surface area (Å²) in [4.78, 5) is 4.12. The minimum absolute atomic E-state index is 0.327. The van der Waals surface area contributed by atoms with Crippen LogP contribution in [0.1, 0.15) is 0 Å². The van der Waals surface area contributed by atoms with Crippen molar-refractivity contribution in [3.8, 4) is 0 Å². The van der Waals surface area contributed by atoms with Crippen LogP contribution in [0.15, 0.2) is 28.6 Å². The van der Waals surface area contributed by atoms with Gasteiger partial charge in [-0.15, -0.1) is 34.5 Å². The molecule has 0 unspecified atom stereocenters. The van der Waals surface area contributed by atoms with Gasteiger partial charge in [0, 0.05) is 5.75 Å². The minimum Gasteiger partial charge on any atom is -0.230 e. The number of halogens is 2. The predicted molar refractivity (Wildman–Crippen MR) is 65.8 cm³/mol. The van der Waals surface area contributed by atoms with E-state index in [1.54, 1.807) is 23.1 Å². The largest absolute Gasteiger partial charge is 0.230 e. The second-order valence-electron chi connectivity index (χ2n) is 2.65. The minimum atomic E-state index is -0.327. The summed E-state index contributed by atoms with van der Waals surface area (Å²) in [6, 6.07) is 8.08. The number of thiazole rings is 1. The molecule has 0 spiro atoms. The highest BCUT2D eigenvalue weighted by molar-refractivity contribution is 8.01. The van der Waals surface area contributed by atoms with E-state index in [1.165, 1.54) is 4.70 Å². The third kappa shape index (κ3) is 2.54. The molecule has 14 heavy (non-hydrogen) atoms. The van der Waals surface area contributed by atoms with E-state index in [-0.39, 0.29) is 4.84 Å². The summed E-state index contributed by atoms with van der Waals surface area (Å²) in [5, 5.41) is 0. The maximum atomic E-state index is 5.65. The summed E-state index contributed by atoms with van der Waals surface area (Å²) in [7, 11) is 0. The lowest BCUT2D eigenvalue weighted by Gasteiger charge is -1.95. The molecular weight excluding hydrogens is 257 g/mol. The lowest BCUT2D eigenvalue weighted by Crippen LogP contribution is -1.89. The standard InChI is InChI=1S/C9H7Cl2NS2/c10-8(11)5-13-9-12-6-3-1-2-4-7(6)14-9/h1-4,8H,5H2. The number of rotatable bonds is 3. The second-order valence-corrected chi connectivity index (χ2v) is 6.22. The number of benzene rings is 1. The van der Waals surface area contributed by atoms with Crippen LogP contribution in [0.4, 0.5) is 0 Å². The molecule has 0 N–H and O–H groups in total. The molecule has 2 aromatic rings. The van der Waals surface area contributed by atoms with E-state index in [2.05, 4.69) is 11.1 Å². The van der Waals surface area contributed by atoms with Crippen molar-refractivity contribution < 1.29 is 0 Å². The Bertz CT molecular complexity index is 394. The van der Waals surface area contributed by atoms with Crippen molar-refractivity contribution in [3.05, 3.63) is 24.3 Å². The molecular formula is C9H7Cl2NS2. The molecule has 0 amide bonds. The first kappa shape index (κ1) is 10.6. The molecule has 5 heteroatoms. The van der Waals surface area contributed by atoms with Crippen molar-refractivity contribution in [1.29, 1.82) is 0 Å². The molecule has 0 aliphatic rings. The van der Waals surface area contributed by atoms with E-state index in [0.717, 1.165) is 9.86 Å². The first-order valence-corrected chi connectivity index (χ1v) is 6.70. The van der Waals surface area contributed by atoms with Crippen molar-refractivity contribution in [3.63, 3.8) is 0 Å². The van der Waals surface area contributed by atoms with Crippen molar-refractivity contribution in [2.24, 2.45) is 0 Å². The number of para-hydroxylation sites is 1. The van der Waals surface area contributed by atoms with Gasteiger partial charge in [-0.1, -0.05) is 23.9 Å². The highest BCUT2D eigenvalue weighted by Crippen LogP contribution is 2.30. The third-order valence-corrected chi connectivity index (χ3v) is 4.55. The highest BCUT2D eigenvalue weighted by Gasteiger charge is 2.05. The van der Waals surface area contributed by atoms with Crippen LogP contribution >= 0.6 is 46.3 Å². The van der Waals surface area contributed by atoms with Crippen LogP contribution in [0, 0.1) is 0 Å². The average Bonchev–Trinajstić information content (AvgIpc) is 2.57. The molecule has 0 aliphatic carbocycles. The zero-order chi connectivity index (χ0) is 9.97. The molecule has 2 rings (SSSR count). The smallest absolute Gasteiger partial charge is 0.151 e. The van der Waals surface area contributed by atoms with Crippen LogP contribution in [0.5, 0.6) is 0 Å². The first-order valence-electron chi connectivity index (χ1n) is 4.02. The number of hydrogen-bond donors (Lipinski definition) is 0. The first-order chi connectivity index (χ1) is 6.75. The number of nitrogens with zero attached hydrogens (tertiary/aromatic N) is 1. The van der Waals surface area contributed by atoms with E-state index in [1.807, 2.05) is 18.2 Å². The fraction of sp³-hybridized carbons (Fsp3) is 0.222. The Kier molecular flexibility index (Phi) is 3.55. The number of hydrogen-bond acceptors (Lipinski definition) is 3. The monoisotopic (exact) mass is 263 g/mol. The SMILES string of the molecule is ClC(Cl)CSc1nc2ccccc2s1. The summed E-state index contributed by atoms with van der Waals surface area (Å²) in [6.45, 7) is 0. The van der Waals surface area contributed by atoms with Gasteiger partial charge < -0.3 is 0 Å². The van der Waals surface area contributed by atoms with Gasteiger partial charge in [-0.25, -0.2) is 4.98 Å². The molecule has 1 aromatic heterocycles. The Morgan fingerprint density at radius 3 is 2.86 bits per heavy atom. The lowest BCUT2D eigenvalue weighted by molar-refractivity contribution is 1.29. The van der Waals surface area contributed by atoms with Gasteiger partial charge in [0.05, 0.1) is 10.2 Å². The molecule has 0 bridgehead atoms. The fourth-order valence-corrected chi connectivity index (χ4v) is 3.26. The molecule has 0 atom stereocenters. The molecule has 0 saturated heterocycles. The summed E-state index contributed by atoms with van der Waals surface area (Å²) >= 11 is 14.6. The zero-order valence-corrected chi connectivity index (χ0v) is 10.3. The molecule has 0 fully saturated rings. The van der Waals surface area contributed by atoms with Gasteiger partial charge >= 0.3 is 0 Å². The molecule has 1 nitrogen and oxygen atoms in total. The third-order valence-electron chi connectivity index (χ3n) is 1.61. The number of aromatic nitrogens is 1. The van der Waals surface area contributed by atoms with Crippen LogP contribution in [0.25, 0.3) is 10.2 Å². The van der Waals surface area contributed by atoms with Crippen LogP contribution in [-0.2, 0) is 0 Å². The second kappa shape index (κ2) is 4.71. The quantitative estimate of drug-likeness (QED) is 0.609. The van der Waals surface area contributed by atoms with Gasteiger partial charge in [-0.2, -0.15) is 0 Å². The van der Waals surface area contributed by atoms with Crippen molar-refractivity contribution in [1.82, 2.24) is 4.98 Å². The van der Waals surface area contributed by atoms with E-state index < -0.39 is 0 Å². The van der Waals surface area contributed by atoms with Gasteiger partial charge in [0.15, 0.2) is 4.34 Å². The van der Waals surface area contributed by atoms with E-state index in [9.17, 15) is 0 Å². The maximum absolute atomic E-state index is 5.65. The number of thioether (sulfide) groups is 1. The van der Waals surface area contributed by atoms with Gasteiger partial charge in [0.1, 0.15) is 4.84 Å². The molecule has 1 heterocycles. The van der Waals surface area contributed by atoms with Crippen molar-refractivity contribution >= 4 is 56.5 Å². The Labute approximate surface area is 100 Å². The van der Waals surface area contributed by atoms with E-state index >= 15 is 0 Å². The molecule has 74 valence electrons. The topological polar surface area (TPSA) is 12.9 Å². The van der Waals surface area contributed by atoms with Crippen LogP contribution in [-0.4, -0.2) is 15.6 Å². The van der Waals surface area contributed by atoms with Crippen LogP contribution < -0.4 is 0 Å². The maximum Gasteiger partial charge on any atom is 0.151 e. The fourth-order valence-electron chi connectivity index (χ4n) is 1.05. The Hall–Kier alpha value is 0.0400. The lowest BCUT2D eigenvalue weighted by atomic mass is 10.3. The van der Waals surface area contributed by atoms with Gasteiger partial charge in [-0.3, -0.25) is 0 Å². The van der Waals surface area contributed by atoms with Gasteiger partial charge in [-0.05, 0) is 12.1 Å². The van der Waals surface area contributed by atoms with Gasteiger partial charge in [0.2, 0.25) is 0 Å². The Morgan fingerprint density at radius 1 is 1.36 bits per heavy atom. The van der Waals surface area contributed by atoms with Crippen molar-refractivity contribution in [2.45, 2.75) is 9.18 Å². The summed E-state index contributed by atoms with van der Waals surface area (Å²) in [5.74, 6) is 0.683. The number of alkyl halides is 2. The summed E-state index contributed by atoms with van der Waals surface area (Å²) < 4.78 is 2.23. The van der Waals surface area contributed by atoms with Gasteiger partial charge in [0.25, 0.3) is 0 Å². The average molecular weight is 264 g/mol. The molecule has 0 aliphatic heterocycles. The van der Waals surface area contributed by atoms with E-state index in [0.29, 0.717) is 5.75 Å². The summed E-state index contributed by atoms with van der Waals surface area (Å²) in [5.41, 5.74) is 1.04.